The first-order valence-electron chi connectivity index (χ1n) is 6.93. The van der Waals surface area contributed by atoms with Gasteiger partial charge in [0.1, 0.15) is 0 Å². The molecule has 1 rings (SSSR count). The molecule has 1 aliphatic rings. The van der Waals surface area contributed by atoms with Crippen molar-refractivity contribution >= 4 is 6.03 Å². The highest BCUT2D eigenvalue weighted by Crippen LogP contribution is 2.19. The maximum absolute atomic E-state index is 11.9. The van der Waals surface area contributed by atoms with Gasteiger partial charge in [0.05, 0.1) is 6.10 Å². The molecule has 2 amide bonds. The number of urea groups is 1. The van der Waals surface area contributed by atoms with E-state index in [1.165, 1.54) is 0 Å². The first-order valence-corrected chi connectivity index (χ1v) is 6.93. The molecule has 0 spiro atoms. The van der Waals surface area contributed by atoms with E-state index in [0.29, 0.717) is 19.7 Å². The number of hydrogen-bond donors (Lipinski definition) is 2. The minimum atomic E-state index is -0.335. The van der Waals surface area contributed by atoms with Crippen LogP contribution in [0.4, 0.5) is 4.79 Å². The number of aliphatic hydroxyl groups excluding tert-OH is 1. The molecule has 1 heterocycles. The van der Waals surface area contributed by atoms with Gasteiger partial charge in [0.15, 0.2) is 0 Å². The highest BCUT2D eigenvalue weighted by atomic mass is 16.5. The molecule has 2 atom stereocenters. The van der Waals surface area contributed by atoms with Crippen molar-refractivity contribution in [3.05, 3.63) is 0 Å². The van der Waals surface area contributed by atoms with Crippen LogP contribution >= 0.6 is 0 Å². The van der Waals surface area contributed by atoms with Crippen LogP contribution in [-0.2, 0) is 4.74 Å². The number of nitrogens with one attached hydrogen (secondary N) is 1. The molecule has 0 aromatic rings. The summed E-state index contributed by atoms with van der Waals surface area (Å²) in [4.78, 5) is 13.7. The number of nitrogens with zero attached hydrogens (tertiary/aromatic N) is 1. The Morgan fingerprint density at radius 1 is 1.61 bits per heavy atom. The van der Waals surface area contributed by atoms with Crippen molar-refractivity contribution in [3.8, 4) is 0 Å². The number of ether oxygens (including phenoxy) is 1. The minimum Gasteiger partial charge on any atom is -0.393 e. The summed E-state index contributed by atoms with van der Waals surface area (Å²) in [6, 6.07) is -0.0168. The predicted octanol–water partition coefficient (Wildman–Crippen LogP) is 1.22. The Hall–Kier alpha value is -0.810. The van der Waals surface area contributed by atoms with E-state index in [1.807, 2.05) is 11.8 Å². The summed E-state index contributed by atoms with van der Waals surface area (Å²) in [5.74, 6) is 0.216. The molecule has 5 heteroatoms. The molecule has 2 unspecified atom stereocenters. The number of aliphatic hydroxyl groups is 1. The fraction of sp³-hybridized carbons (Fsp3) is 0.923. The van der Waals surface area contributed by atoms with Crippen LogP contribution in [0.1, 0.15) is 33.1 Å². The van der Waals surface area contributed by atoms with Crippen LogP contribution in [0, 0.1) is 5.92 Å². The molecular formula is C13H26N2O3. The highest BCUT2D eigenvalue weighted by Gasteiger charge is 2.26. The van der Waals surface area contributed by atoms with Gasteiger partial charge in [-0.1, -0.05) is 0 Å². The zero-order valence-corrected chi connectivity index (χ0v) is 11.5. The molecule has 2 N–H and O–H groups in total. The number of hydrogen-bond acceptors (Lipinski definition) is 3. The van der Waals surface area contributed by atoms with Gasteiger partial charge in [-0.15, -0.1) is 0 Å². The maximum Gasteiger partial charge on any atom is 0.317 e. The number of likely N-dealkylation sites (tertiary alicyclic amines) is 1. The average Bonchev–Trinajstić information content (AvgIpc) is 2.38. The number of carbonyl (C=O) groups is 1. The third-order valence-electron chi connectivity index (χ3n) is 3.37. The molecule has 106 valence electrons. The molecule has 0 radical (unpaired) electrons. The van der Waals surface area contributed by atoms with Crippen molar-refractivity contribution in [3.63, 3.8) is 0 Å². The molecule has 1 saturated heterocycles. The van der Waals surface area contributed by atoms with Gasteiger partial charge in [0.2, 0.25) is 0 Å². The fourth-order valence-electron chi connectivity index (χ4n) is 2.21. The molecule has 1 aliphatic heterocycles. The van der Waals surface area contributed by atoms with Gasteiger partial charge in [-0.05, 0) is 33.1 Å². The zero-order valence-electron chi connectivity index (χ0n) is 11.5. The lowest BCUT2D eigenvalue weighted by atomic mass is 9.94. The number of piperidine rings is 1. The topological polar surface area (TPSA) is 61.8 Å². The van der Waals surface area contributed by atoms with E-state index in [2.05, 4.69) is 5.32 Å². The molecule has 5 nitrogen and oxygen atoms in total. The van der Waals surface area contributed by atoms with Crippen LogP contribution < -0.4 is 5.32 Å². The van der Waals surface area contributed by atoms with Gasteiger partial charge in [-0.2, -0.15) is 0 Å². The first kappa shape index (κ1) is 15.2. The van der Waals surface area contributed by atoms with Gasteiger partial charge in [0, 0.05) is 38.8 Å². The van der Waals surface area contributed by atoms with E-state index in [9.17, 15) is 9.90 Å². The Bertz CT molecular complexity index is 246. The second-order valence-electron chi connectivity index (χ2n) is 4.87. The summed E-state index contributed by atoms with van der Waals surface area (Å²) in [5, 5.41) is 12.5. The summed E-state index contributed by atoms with van der Waals surface area (Å²) < 4.78 is 5.21. The second-order valence-corrected chi connectivity index (χ2v) is 4.87. The van der Waals surface area contributed by atoms with E-state index in [4.69, 9.17) is 4.74 Å². The van der Waals surface area contributed by atoms with E-state index >= 15 is 0 Å². The second kappa shape index (κ2) is 8.32. The van der Waals surface area contributed by atoms with Crippen molar-refractivity contribution in [2.75, 3.05) is 32.8 Å². The summed E-state index contributed by atoms with van der Waals surface area (Å²) in [7, 11) is 0. The van der Waals surface area contributed by atoms with Crippen LogP contribution in [0.5, 0.6) is 0 Å². The Labute approximate surface area is 109 Å². The van der Waals surface area contributed by atoms with Gasteiger partial charge < -0.3 is 20.1 Å². The smallest absolute Gasteiger partial charge is 0.317 e. The molecule has 1 fully saturated rings. The third-order valence-corrected chi connectivity index (χ3v) is 3.37. The van der Waals surface area contributed by atoms with Crippen molar-refractivity contribution in [1.82, 2.24) is 10.2 Å². The number of carbonyl (C=O) groups excluding carboxylic acids is 1. The Balaban J connectivity index is 2.20. The SMILES string of the molecule is CCOCCCNC(=O)N1CCCC(C(C)O)C1. The van der Waals surface area contributed by atoms with Crippen molar-refractivity contribution in [1.29, 1.82) is 0 Å². The van der Waals surface area contributed by atoms with Crippen LogP contribution in [-0.4, -0.2) is 55.0 Å². The monoisotopic (exact) mass is 258 g/mol. The van der Waals surface area contributed by atoms with E-state index in [-0.39, 0.29) is 18.1 Å². The molecule has 0 saturated carbocycles. The van der Waals surface area contributed by atoms with Crippen LogP contribution in [0.2, 0.25) is 0 Å². The fourth-order valence-corrected chi connectivity index (χ4v) is 2.21. The van der Waals surface area contributed by atoms with E-state index < -0.39 is 0 Å². The van der Waals surface area contributed by atoms with Crippen LogP contribution in [0.3, 0.4) is 0 Å². The molecule has 0 bridgehead atoms. The minimum absolute atomic E-state index is 0.0168. The molecule has 18 heavy (non-hydrogen) atoms. The Kier molecular flexibility index (Phi) is 7.05. The van der Waals surface area contributed by atoms with Gasteiger partial charge in [0.25, 0.3) is 0 Å². The average molecular weight is 258 g/mol. The maximum atomic E-state index is 11.9. The van der Waals surface area contributed by atoms with Gasteiger partial charge >= 0.3 is 6.03 Å². The summed E-state index contributed by atoms with van der Waals surface area (Å²) in [5.41, 5.74) is 0. The summed E-state index contributed by atoms with van der Waals surface area (Å²) in [6.07, 6.45) is 2.49. The van der Waals surface area contributed by atoms with Crippen molar-refractivity contribution in [2.45, 2.75) is 39.2 Å². The quantitative estimate of drug-likeness (QED) is 0.704. The van der Waals surface area contributed by atoms with E-state index in [0.717, 1.165) is 32.4 Å². The normalized spacial score (nSPS) is 21.7. The van der Waals surface area contributed by atoms with Crippen molar-refractivity contribution in [2.24, 2.45) is 5.92 Å². The molecule has 0 aliphatic carbocycles. The Morgan fingerprint density at radius 2 is 2.39 bits per heavy atom. The molecule has 0 aromatic heterocycles. The van der Waals surface area contributed by atoms with Gasteiger partial charge in [-0.25, -0.2) is 4.79 Å². The number of amides is 2. The Morgan fingerprint density at radius 3 is 3.06 bits per heavy atom. The lowest BCUT2D eigenvalue weighted by Gasteiger charge is -2.34. The lowest BCUT2D eigenvalue weighted by Crippen LogP contribution is -2.47. The summed E-state index contributed by atoms with van der Waals surface area (Å²) >= 11 is 0. The zero-order chi connectivity index (χ0) is 13.4. The predicted molar refractivity (Wildman–Crippen MR) is 70.5 cm³/mol. The third kappa shape index (κ3) is 5.23. The van der Waals surface area contributed by atoms with Crippen molar-refractivity contribution < 1.29 is 14.6 Å². The van der Waals surface area contributed by atoms with Gasteiger partial charge in [-0.3, -0.25) is 0 Å². The first-order chi connectivity index (χ1) is 8.65. The van der Waals surface area contributed by atoms with Crippen LogP contribution in [0.15, 0.2) is 0 Å². The number of rotatable bonds is 6. The summed E-state index contributed by atoms with van der Waals surface area (Å²) in [6.45, 7) is 7.27. The lowest BCUT2D eigenvalue weighted by molar-refractivity contribution is 0.0737. The van der Waals surface area contributed by atoms with Crippen LogP contribution in [0.25, 0.3) is 0 Å². The molecule has 0 aromatic carbocycles. The largest absolute Gasteiger partial charge is 0.393 e. The van der Waals surface area contributed by atoms with E-state index in [1.54, 1.807) is 6.92 Å². The molecular weight excluding hydrogens is 232 g/mol. The highest BCUT2D eigenvalue weighted by molar-refractivity contribution is 5.74. The standard InChI is InChI=1S/C13H26N2O3/c1-3-18-9-5-7-14-13(17)15-8-4-6-12(10-15)11(2)16/h11-12,16H,3-10H2,1-2H3,(H,14,17).